The fourth-order valence-corrected chi connectivity index (χ4v) is 5.74. The van der Waals surface area contributed by atoms with Gasteiger partial charge in [0.05, 0.1) is 31.1 Å². The molecule has 0 radical (unpaired) electrons. The molecule has 0 unspecified atom stereocenters. The van der Waals surface area contributed by atoms with Crippen LogP contribution in [0.2, 0.25) is 0 Å². The monoisotopic (exact) mass is 422 g/mol. The van der Waals surface area contributed by atoms with Crippen LogP contribution in [0.3, 0.4) is 0 Å². The van der Waals surface area contributed by atoms with Crippen molar-refractivity contribution < 1.29 is 22.5 Å². The Bertz CT molecular complexity index is 890. The summed E-state index contributed by atoms with van der Waals surface area (Å²) >= 11 is 0. The van der Waals surface area contributed by atoms with Gasteiger partial charge in [0.2, 0.25) is 10.0 Å². The highest BCUT2D eigenvalue weighted by molar-refractivity contribution is 7.89. The molecule has 0 aromatic heterocycles. The van der Waals surface area contributed by atoms with Crippen molar-refractivity contribution in [1.82, 2.24) is 9.21 Å². The lowest BCUT2D eigenvalue weighted by Crippen LogP contribution is -3.15. The van der Waals surface area contributed by atoms with Gasteiger partial charge in [0.25, 0.3) is 5.91 Å². The molecular formula is C21H29FN3O3S+. The number of sulfonamides is 1. The molecule has 1 aromatic carbocycles. The van der Waals surface area contributed by atoms with E-state index in [2.05, 4.69) is 6.08 Å². The van der Waals surface area contributed by atoms with Crippen LogP contribution in [0.25, 0.3) is 0 Å². The van der Waals surface area contributed by atoms with E-state index >= 15 is 0 Å². The highest BCUT2D eigenvalue weighted by atomic mass is 32.2. The number of hydrogen-bond acceptors (Lipinski definition) is 3. The number of benzene rings is 1. The van der Waals surface area contributed by atoms with Gasteiger partial charge in [-0.2, -0.15) is 4.31 Å². The predicted octanol–water partition coefficient (Wildman–Crippen LogP) is 1.16. The van der Waals surface area contributed by atoms with Crippen LogP contribution < -0.4 is 4.90 Å². The molecule has 1 N–H and O–H groups in total. The smallest absolute Gasteiger partial charge is 0.282 e. The highest BCUT2D eigenvalue weighted by Gasteiger charge is 2.38. The Labute approximate surface area is 172 Å². The number of allylic oxidation sites excluding steroid dienone is 2. The van der Waals surface area contributed by atoms with Crippen molar-refractivity contribution in [2.75, 3.05) is 32.7 Å². The SMILES string of the molecule is O=C(C[NH+]1CCN(S(=O)(=O)c2cccc(F)c2)CC1)N(C1=CCCCC1)C1CC1. The van der Waals surface area contributed by atoms with Crippen molar-refractivity contribution in [3.63, 3.8) is 0 Å². The van der Waals surface area contributed by atoms with Gasteiger partial charge in [-0.05, 0) is 56.7 Å². The first kappa shape index (κ1) is 20.5. The molecule has 2 aliphatic carbocycles. The summed E-state index contributed by atoms with van der Waals surface area (Å²) in [6, 6.07) is 5.49. The first-order valence-corrected chi connectivity index (χ1v) is 12.0. The minimum absolute atomic E-state index is 0.0128. The van der Waals surface area contributed by atoms with E-state index in [1.54, 1.807) is 0 Å². The summed E-state index contributed by atoms with van der Waals surface area (Å²) < 4.78 is 40.3. The topological polar surface area (TPSA) is 62.1 Å². The number of hydrogen-bond donors (Lipinski definition) is 1. The third kappa shape index (κ3) is 4.70. The zero-order chi connectivity index (χ0) is 20.4. The third-order valence-electron chi connectivity index (χ3n) is 6.02. The van der Waals surface area contributed by atoms with Gasteiger partial charge in [0, 0.05) is 11.7 Å². The van der Waals surface area contributed by atoms with Gasteiger partial charge in [0.15, 0.2) is 6.54 Å². The molecule has 0 bridgehead atoms. The summed E-state index contributed by atoms with van der Waals surface area (Å²) in [7, 11) is -3.70. The van der Waals surface area contributed by atoms with Gasteiger partial charge in [-0.3, -0.25) is 4.79 Å². The molecule has 6 nitrogen and oxygen atoms in total. The van der Waals surface area contributed by atoms with Crippen LogP contribution in [0.5, 0.6) is 0 Å². The van der Waals surface area contributed by atoms with Crippen LogP contribution in [-0.4, -0.2) is 62.3 Å². The molecule has 0 atom stereocenters. The van der Waals surface area contributed by atoms with Crippen LogP contribution in [0.4, 0.5) is 4.39 Å². The minimum atomic E-state index is -3.70. The van der Waals surface area contributed by atoms with Crippen LogP contribution in [0.15, 0.2) is 40.9 Å². The number of carbonyl (C=O) groups excluding carboxylic acids is 1. The molecule has 1 saturated carbocycles. The molecule has 1 amide bonds. The average molecular weight is 423 g/mol. The van der Waals surface area contributed by atoms with Crippen LogP contribution in [0, 0.1) is 5.82 Å². The van der Waals surface area contributed by atoms with Crippen LogP contribution in [-0.2, 0) is 14.8 Å². The van der Waals surface area contributed by atoms with E-state index in [9.17, 15) is 17.6 Å². The van der Waals surface area contributed by atoms with Crippen molar-refractivity contribution >= 4 is 15.9 Å². The molecule has 1 aromatic rings. The summed E-state index contributed by atoms with van der Waals surface area (Å²) in [6.45, 7) is 2.25. The molecule has 4 rings (SSSR count). The molecule has 3 aliphatic rings. The summed E-state index contributed by atoms with van der Waals surface area (Å²) in [6.07, 6.45) is 8.76. The van der Waals surface area contributed by atoms with Crippen molar-refractivity contribution in [3.05, 3.63) is 41.9 Å². The van der Waals surface area contributed by atoms with Crippen molar-refractivity contribution in [2.45, 2.75) is 49.5 Å². The normalized spacial score (nSPS) is 21.6. The number of quaternary nitrogens is 1. The summed E-state index contributed by atoms with van der Waals surface area (Å²) in [5, 5.41) is 0. The zero-order valence-electron chi connectivity index (χ0n) is 16.6. The number of rotatable bonds is 6. The predicted molar refractivity (Wildman–Crippen MR) is 107 cm³/mol. The lowest BCUT2D eigenvalue weighted by atomic mass is 10.0. The van der Waals surface area contributed by atoms with E-state index in [1.165, 1.54) is 34.6 Å². The largest absolute Gasteiger partial charge is 0.325 e. The Balaban J connectivity index is 1.36. The second kappa shape index (κ2) is 8.53. The fourth-order valence-electron chi connectivity index (χ4n) is 4.27. The number of carbonyl (C=O) groups is 1. The standard InChI is InChI=1S/C21H28FN3O3S/c22-17-5-4-8-20(15-17)29(27,28)24-13-11-23(12-14-24)16-21(26)25(19-9-10-19)18-6-2-1-3-7-18/h4-6,8,15,19H,1-3,7,9-14,16H2/p+1. The molecule has 2 fully saturated rings. The van der Waals surface area contributed by atoms with E-state index in [1.807, 2.05) is 4.90 Å². The summed E-state index contributed by atoms with van der Waals surface area (Å²) in [4.78, 5) is 16.2. The number of halogens is 1. The minimum Gasteiger partial charge on any atom is -0.325 e. The Morgan fingerprint density at radius 3 is 2.59 bits per heavy atom. The number of amides is 1. The van der Waals surface area contributed by atoms with Crippen LogP contribution in [0.1, 0.15) is 38.5 Å². The molecule has 29 heavy (non-hydrogen) atoms. The molecule has 0 spiro atoms. The molecule has 1 aliphatic heterocycles. The Morgan fingerprint density at radius 2 is 1.97 bits per heavy atom. The first-order chi connectivity index (χ1) is 13.9. The quantitative estimate of drug-likeness (QED) is 0.749. The van der Waals surface area contributed by atoms with Gasteiger partial charge in [-0.15, -0.1) is 0 Å². The number of piperazine rings is 1. The first-order valence-electron chi connectivity index (χ1n) is 10.6. The Hall–Kier alpha value is -1.77. The zero-order valence-corrected chi connectivity index (χ0v) is 17.5. The van der Waals surface area contributed by atoms with Crippen molar-refractivity contribution in [2.24, 2.45) is 0 Å². The molecule has 1 heterocycles. The van der Waals surface area contributed by atoms with Gasteiger partial charge < -0.3 is 9.80 Å². The second-order valence-electron chi connectivity index (χ2n) is 8.22. The van der Waals surface area contributed by atoms with Gasteiger partial charge in [-0.25, -0.2) is 12.8 Å². The molecular weight excluding hydrogens is 393 g/mol. The van der Waals surface area contributed by atoms with Crippen LogP contribution >= 0.6 is 0 Å². The van der Waals surface area contributed by atoms with E-state index in [0.717, 1.165) is 43.1 Å². The average Bonchev–Trinajstić information content (AvgIpc) is 3.54. The number of nitrogens with zero attached hydrogens (tertiary/aromatic N) is 2. The Morgan fingerprint density at radius 1 is 1.21 bits per heavy atom. The lowest BCUT2D eigenvalue weighted by molar-refractivity contribution is -0.895. The maximum Gasteiger partial charge on any atom is 0.282 e. The molecule has 158 valence electrons. The van der Waals surface area contributed by atoms with Crippen molar-refractivity contribution in [1.29, 1.82) is 0 Å². The highest BCUT2D eigenvalue weighted by Crippen LogP contribution is 2.33. The van der Waals surface area contributed by atoms with Gasteiger partial charge in [0.1, 0.15) is 5.82 Å². The Kier molecular flexibility index (Phi) is 6.03. The van der Waals surface area contributed by atoms with E-state index < -0.39 is 15.8 Å². The molecule has 1 saturated heterocycles. The fraction of sp³-hybridized carbons (Fsp3) is 0.571. The maximum absolute atomic E-state index is 13.4. The van der Waals surface area contributed by atoms with E-state index in [0.29, 0.717) is 38.8 Å². The summed E-state index contributed by atoms with van der Waals surface area (Å²) in [5.41, 5.74) is 1.19. The van der Waals surface area contributed by atoms with E-state index in [-0.39, 0.29) is 10.8 Å². The summed E-state index contributed by atoms with van der Waals surface area (Å²) in [5.74, 6) is -0.393. The number of nitrogens with one attached hydrogen (secondary N) is 1. The van der Waals surface area contributed by atoms with Crippen molar-refractivity contribution in [3.8, 4) is 0 Å². The second-order valence-corrected chi connectivity index (χ2v) is 10.2. The third-order valence-corrected chi connectivity index (χ3v) is 7.92. The lowest BCUT2D eigenvalue weighted by Gasteiger charge is -2.33. The maximum atomic E-state index is 13.4. The van der Waals surface area contributed by atoms with Gasteiger partial charge >= 0.3 is 0 Å². The molecule has 8 heteroatoms. The van der Waals surface area contributed by atoms with E-state index in [4.69, 9.17) is 0 Å². The van der Waals surface area contributed by atoms with Gasteiger partial charge in [-0.1, -0.05) is 12.1 Å².